The highest BCUT2D eigenvalue weighted by molar-refractivity contribution is 5.76. The lowest BCUT2D eigenvalue weighted by Crippen LogP contribution is -2.28. The molecule has 0 saturated carbocycles. The Labute approximate surface area is 113 Å². The zero-order chi connectivity index (χ0) is 13.7. The SMILES string of the molecule is CC(C)n1cnnc1CCNC(=O)CC1CCOC1. The molecule has 0 spiro atoms. The molecule has 0 bridgehead atoms. The first-order chi connectivity index (χ1) is 9.16. The Balaban J connectivity index is 1.70. The van der Waals surface area contributed by atoms with Gasteiger partial charge in [0, 0.05) is 38.6 Å². The van der Waals surface area contributed by atoms with Crippen molar-refractivity contribution in [2.24, 2.45) is 5.92 Å². The number of nitrogens with one attached hydrogen (secondary N) is 1. The third-order valence-corrected chi connectivity index (χ3v) is 3.37. The molecule has 1 aliphatic heterocycles. The molecule has 1 aromatic heterocycles. The van der Waals surface area contributed by atoms with Crippen LogP contribution in [0.15, 0.2) is 6.33 Å². The molecule has 1 unspecified atom stereocenters. The molecule has 106 valence electrons. The van der Waals surface area contributed by atoms with Crippen LogP contribution in [0.5, 0.6) is 0 Å². The summed E-state index contributed by atoms with van der Waals surface area (Å²) >= 11 is 0. The van der Waals surface area contributed by atoms with E-state index in [-0.39, 0.29) is 5.91 Å². The fourth-order valence-corrected chi connectivity index (χ4v) is 2.27. The molecule has 0 radical (unpaired) electrons. The lowest BCUT2D eigenvalue weighted by atomic mass is 10.1. The minimum atomic E-state index is 0.103. The van der Waals surface area contributed by atoms with Crippen molar-refractivity contribution >= 4 is 5.91 Å². The lowest BCUT2D eigenvalue weighted by Gasteiger charge is -2.11. The van der Waals surface area contributed by atoms with Gasteiger partial charge in [-0.1, -0.05) is 0 Å². The molecule has 1 N–H and O–H groups in total. The predicted octanol–water partition coefficient (Wildman–Crippen LogP) is 0.944. The molecule has 2 rings (SSSR count). The lowest BCUT2D eigenvalue weighted by molar-refractivity contribution is -0.122. The van der Waals surface area contributed by atoms with E-state index < -0.39 is 0 Å². The van der Waals surface area contributed by atoms with Gasteiger partial charge in [-0.05, 0) is 26.2 Å². The number of carbonyl (C=O) groups excluding carboxylic acids is 1. The number of rotatable bonds is 6. The van der Waals surface area contributed by atoms with E-state index >= 15 is 0 Å². The first-order valence-electron chi connectivity index (χ1n) is 6.89. The summed E-state index contributed by atoms with van der Waals surface area (Å²) < 4.78 is 7.29. The van der Waals surface area contributed by atoms with Crippen LogP contribution < -0.4 is 5.32 Å². The summed E-state index contributed by atoms with van der Waals surface area (Å²) in [5.41, 5.74) is 0. The van der Waals surface area contributed by atoms with Gasteiger partial charge in [0.25, 0.3) is 0 Å². The van der Waals surface area contributed by atoms with E-state index in [0.717, 1.165) is 25.5 Å². The summed E-state index contributed by atoms with van der Waals surface area (Å²) in [4.78, 5) is 11.7. The van der Waals surface area contributed by atoms with Gasteiger partial charge in [-0.25, -0.2) is 0 Å². The molecule has 1 aromatic rings. The van der Waals surface area contributed by atoms with Gasteiger partial charge < -0.3 is 14.6 Å². The monoisotopic (exact) mass is 266 g/mol. The van der Waals surface area contributed by atoms with Gasteiger partial charge in [0.05, 0.1) is 0 Å². The third-order valence-electron chi connectivity index (χ3n) is 3.37. The van der Waals surface area contributed by atoms with Crippen molar-refractivity contribution in [3.8, 4) is 0 Å². The molecule has 1 amide bonds. The fourth-order valence-electron chi connectivity index (χ4n) is 2.27. The van der Waals surface area contributed by atoms with Crippen LogP contribution in [0.4, 0.5) is 0 Å². The van der Waals surface area contributed by atoms with Crippen molar-refractivity contribution in [2.75, 3.05) is 19.8 Å². The molecular weight excluding hydrogens is 244 g/mol. The van der Waals surface area contributed by atoms with Gasteiger partial charge in [-0.2, -0.15) is 0 Å². The second-order valence-electron chi connectivity index (χ2n) is 5.28. The van der Waals surface area contributed by atoms with E-state index in [1.807, 2.05) is 4.57 Å². The topological polar surface area (TPSA) is 69.0 Å². The molecule has 1 fully saturated rings. The number of aromatic nitrogens is 3. The molecule has 2 heterocycles. The summed E-state index contributed by atoms with van der Waals surface area (Å²) in [6, 6.07) is 0.344. The second kappa shape index (κ2) is 6.65. The highest BCUT2D eigenvalue weighted by atomic mass is 16.5. The van der Waals surface area contributed by atoms with Gasteiger partial charge in [0.2, 0.25) is 5.91 Å². The van der Waals surface area contributed by atoms with E-state index in [1.54, 1.807) is 6.33 Å². The molecule has 0 aromatic carbocycles. The number of amides is 1. The first kappa shape index (κ1) is 14.0. The van der Waals surface area contributed by atoms with Crippen LogP contribution in [-0.4, -0.2) is 40.4 Å². The zero-order valence-electron chi connectivity index (χ0n) is 11.6. The summed E-state index contributed by atoms with van der Waals surface area (Å²) in [5.74, 6) is 1.41. The van der Waals surface area contributed by atoms with Crippen LogP contribution in [0.2, 0.25) is 0 Å². The average Bonchev–Trinajstić information content (AvgIpc) is 2.99. The molecule has 1 aliphatic rings. The van der Waals surface area contributed by atoms with Gasteiger partial charge in [-0.3, -0.25) is 4.79 Å². The normalized spacial score (nSPS) is 19.0. The molecule has 19 heavy (non-hydrogen) atoms. The van der Waals surface area contributed by atoms with E-state index in [0.29, 0.717) is 31.3 Å². The number of hydrogen-bond acceptors (Lipinski definition) is 4. The van der Waals surface area contributed by atoms with Gasteiger partial charge in [-0.15, -0.1) is 10.2 Å². The highest BCUT2D eigenvalue weighted by Crippen LogP contribution is 2.15. The van der Waals surface area contributed by atoms with Crippen molar-refractivity contribution < 1.29 is 9.53 Å². The second-order valence-corrected chi connectivity index (χ2v) is 5.28. The quantitative estimate of drug-likeness (QED) is 0.832. The Morgan fingerprint density at radius 2 is 2.47 bits per heavy atom. The van der Waals surface area contributed by atoms with Gasteiger partial charge in [0.1, 0.15) is 12.2 Å². The zero-order valence-corrected chi connectivity index (χ0v) is 11.6. The van der Waals surface area contributed by atoms with Crippen molar-refractivity contribution in [3.05, 3.63) is 12.2 Å². The molecule has 0 aliphatic carbocycles. The summed E-state index contributed by atoms with van der Waals surface area (Å²) in [7, 11) is 0. The van der Waals surface area contributed by atoms with E-state index in [2.05, 4.69) is 29.4 Å². The van der Waals surface area contributed by atoms with Crippen LogP contribution in [0.25, 0.3) is 0 Å². The number of ether oxygens (including phenoxy) is 1. The Morgan fingerprint density at radius 3 is 3.16 bits per heavy atom. The standard InChI is InChI=1S/C13H22N4O2/c1-10(2)17-9-15-16-12(17)3-5-14-13(18)7-11-4-6-19-8-11/h9-11H,3-8H2,1-2H3,(H,14,18). The molecular formula is C13H22N4O2. The van der Waals surface area contributed by atoms with E-state index in [1.165, 1.54) is 0 Å². The summed E-state index contributed by atoms with van der Waals surface area (Å²) in [6.07, 6.45) is 4.01. The molecule has 6 nitrogen and oxygen atoms in total. The van der Waals surface area contributed by atoms with Crippen molar-refractivity contribution in [3.63, 3.8) is 0 Å². The Kier molecular flexibility index (Phi) is 4.90. The molecule has 6 heteroatoms. The van der Waals surface area contributed by atoms with Crippen LogP contribution in [0.1, 0.15) is 38.6 Å². The minimum Gasteiger partial charge on any atom is -0.381 e. The first-order valence-corrected chi connectivity index (χ1v) is 6.89. The van der Waals surface area contributed by atoms with Crippen LogP contribution in [-0.2, 0) is 16.0 Å². The van der Waals surface area contributed by atoms with Gasteiger partial charge in [0.15, 0.2) is 0 Å². The van der Waals surface area contributed by atoms with Gasteiger partial charge >= 0.3 is 0 Å². The number of hydrogen-bond donors (Lipinski definition) is 1. The van der Waals surface area contributed by atoms with Crippen molar-refractivity contribution in [1.29, 1.82) is 0 Å². The van der Waals surface area contributed by atoms with Crippen LogP contribution in [0.3, 0.4) is 0 Å². The Hall–Kier alpha value is -1.43. The van der Waals surface area contributed by atoms with Crippen molar-refractivity contribution in [1.82, 2.24) is 20.1 Å². The fraction of sp³-hybridized carbons (Fsp3) is 0.769. The van der Waals surface area contributed by atoms with Crippen LogP contribution in [0, 0.1) is 5.92 Å². The smallest absolute Gasteiger partial charge is 0.220 e. The van der Waals surface area contributed by atoms with E-state index in [9.17, 15) is 4.79 Å². The van der Waals surface area contributed by atoms with Crippen LogP contribution >= 0.6 is 0 Å². The maximum atomic E-state index is 11.7. The maximum Gasteiger partial charge on any atom is 0.220 e. The Morgan fingerprint density at radius 1 is 1.63 bits per heavy atom. The molecule has 1 atom stereocenters. The number of carbonyl (C=O) groups is 1. The summed E-state index contributed by atoms with van der Waals surface area (Å²) in [6.45, 7) is 6.29. The molecule has 1 saturated heterocycles. The maximum absolute atomic E-state index is 11.7. The Bertz CT molecular complexity index is 411. The summed E-state index contributed by atoms with van der Waals surface area (Å²) in [5, 5.41) is 10.9. The van der Waals surface area contributed by atoms with Crippen molar-refractivity contribution in [2.45, 2.75) is 39.2 Å². The van der Waals surface area contributed by atoms with E-state index in [4.69, 9.17) is 4.74 Å². The third kappa shape index (κ3) is 4.02. The number of nitrogens with zero attached hydrogens (tertiary/aromatic N) is 3. The average molecular weight is 266 g/mol. The largest absolute Gasteiger partial charge is 0.381 e. The minimum absolute atomic E-state index is 0.103. The predicted molar refractivity (Wildman–Crippen MR) is 70.7 cm³/mol. The highest BCUT2D eigenvalue weighted by Gasteiger charge is 2.18.